The van der Waals surface area contributed by atoms with E-state index in [2.05, 4.69) is 5.32 Å². The van der Waals surface area contributed by atoms with Crippen LogP contribution in [0.4, 0.5) is 18.9 Å². The van der Waals surface area contributed by atoms with Crippen molar-refractivity contribution in [1.29, 1.82) is 0 Å². The van der Waals surface area contributed by atoms with Gasteiger partial charge in [-0.05, 0) is 47.9 Å². The lowest BCUT2D eigenvalue weighted by molar-refractivity contribution is -0.140. The summed E-state index contributed by atoms with van der Waals surface area (Å²) < 4.78 is 66.3. The molecule has 41 heavy (non-hydrogen) atoms. The third kappa shape index (κ3) is 9.22. The molecule has 3 rings (SSSR count). The van der Waals surface area contributed by atoms with Gasteiger partial charge >= 0.3 is 6.18 Å². The highest BCUT2D eigenvalue weighted by molar-refractivity contribution is 7.92. The van der Waals surface area contributed by atoms with E-state index in [1.165, 1.54) is 11.0 Å². The van der Waals surface area contributed by atoms with Gasteiger partial charge in [-0.25, -0.2) is 8.42 Å². The summed E-state index contributed by atoms with van der Waals surface area (Å²) in [4.78, 5) is 28.6. The van der Waals surface area contributed by atoms with Crippen LogP contribution in [0.15, 0.2) is 78.9 Å². The number of hydrogen-bond donors (Lipinski definition) is 1. The molecule has 1 atom stereocenters. The molecule has 0 aromatic heterocycles. The normalized spacial score (nSPS) is 12.4. The number of anilines is 1. The molecule has 7 nitrogen and oxygen atoms in total. The molecule has 0 aliphatic heterocycles. The van der Waals surface area contributed by atoms with Gasteiger partial charge in [-0.2, -0.15) is 13.2 Å². The molecule has 1 N–H and O–H groups in total. The van der Waals surface area contributed by atoms with Crippen molar-refractivity contribution in [2.24, 2.45) is 0 Å². The smallest absolute Gasteiger partial charge is 0.354 e. The maximum Gasteiger partial charge on any atom is 0.416 e. The van der Waals surface area contributed by atoms with E-state index < -0.39 is 46.2 Å². The first-order valence-electron chi connectivity index (χ1n) is 12.8. The molecule has 3 aromatic carbocycles. The van der Waals surface area contributed by atoms with E-state index in [0.29, 0.717) is 33.9 Å². The van der Waals surface area contributed by atoms with Crippen LogP contribution in [-0.2, 0) is 38.8 Å². The molecule has 12 heteroatoms. The molecule has 0 saturated heterocycles. The van der Waals surface area contributed by atoms with E-state index in [4.69, 9.17) is 11.6 Å². The Morgan fingerprint density at radius 1 is 0.951 bits per heavy atom. The number of sulfonamides is 1. The van der Waals surface area contributed by atoms with Crippen LogP contribution >= 0.6 is 11.6 Å². The number of nitrogens with zero attached hydrogens (tertiary/aromatic N) is 2. The summed E-state index contributed by atoms with van der Waals surface area (Å²) in [6, 6.07) is 18.3. The zero-order valence-corrected chi connectivity index (χ0v) is 24.1. The summed E-state index contributed by atoms with van der Waals surface area (Å²) in [5, 5.41) is 3.27. The van der Waals surface area contributed by atoms with Crippen LogP contribution in [0.2, 0.25) is 5.02 Å². The van der Waals surface area contributed by atoms with Crippen molar-refractivity contribution < 1.29 is 31.2 Å². The Hall–Kier alpha value is -3.57. The summed E-state index contributed by atoms with van der Waals surface area (Å²) in [6.07, 6.45) is -3.15. The SMILES string of the molecule is CCCNC(=O)[C@H](Cc1ccccc1)N(Cc1ccc(Cl)cc1)C(=O)CN(c1cccc(C(F)(F)F)c1)S(C)(=O)=O. The lowest BCUT2D eigenvalue weighted by Gasteiger charge is -2.33. The number of carbonyl (C=O) groups excluding carboxylic acids is 2. The Labute approximate surface area is 243 Å². The van der Waals surface area contributed by atoms with Gasteiger partial charge in [-0.3, -0.25) is 13.9 Å². The first kappa shape index (κ1) is 32.0. The van der Waals surface area contributed by atoms with Crippen molar-refractivity contribution >= 4 is 39.1 Å². The average molecular weight is 610 g/mol. The first-order valence-corrected chi connectivity index (χ1v) is 15.0. The molecule has 0 unspecified atom stereocenters. The minimum absolute atomic E-state index is 0.0762. The highest BCUT2D eigenvalue weighted by Gasteiger charge is 2.35. The molecular weight excluding hydrogens is 579 g/mol. The molecule has 0 radical (unpaired) electrons. The number of halogens is 4. The van der Waals surface area contributed by atoms with Crippen molar-refractivity contribution in [3.8, 4) is 0 Å². The molecule has 0 fully saturated rings. The van der Waals surface area contributed by atoms with Crippen molar-refractivity contribution in [2.75, 3.05) is 23.7 Å². The van der Waals surface area contributed by atoms with Crippen molar-refractivity contribution in [2.45, 2.75) is 38.5 Å². The van der Waals surface area contributed by atoms with Gasteiger partial charge in [0.15, 0.2) is 0 Å². The second-order valence-electron chi connectivity index (χ2n) is 9.46. The lowest BCUT2D eigenvalue weighted by atomic mass is 10.0. The van der Waals surface area contributed by atoms with E-state index >= 15 is 0 Å². The fourth-order valence-electron chi connectivity index (χ4n) is 4.16. The molecule has 2 amide bonds. The van der Waals surface area contributed by atoms with Crippen molar-refractivity contribution in [3.05, 3.63) is 101 Å². The number of benzene rings is 3. The third-order valence-corrected chi connectivity index (χ3v) is 7.62. The van der Waals surface area contributed by atoms with Crippen LogP contribution in [0.1, 0.15) is 30.0 Å². The fourth-order valence-corrected chi connectivity index (χ4v) is 5.13. The Morgan fingerprint density at radius 2 is 1.61 bits per heavy atom. The Bertz CT molecular complexity index is 1440. The molecule has 0 bridgehead atoms. The van der Waals surface area contributed by atoms with Gasteiger partial charge in [0, 0.05) is 24.5 Å². The van der Waals surface area contributed by atoms with Crippen LogP contribution < -0.4 is 9.62 Å². The van der Waals surface area contributed by atoms with E-state index in [1.54, 1.807) is 48.5 Å². The van der Waals surface area contributed by atoms with E-state index in [1.807, 2.05) is 13.0 Å². The summed E-state index contributed by atoms with van der Waals surface area (Å²) in [5.74, 6) is -1.21. The highest BCUT2D eigenvalue weighted by Crippen LogP contribution is 2.32. The average Bonchev–Trinajstić information content (AvgIpc) is 2.92. The largest absolute Gasteiger partial charge is 0.416 e. The monoisotopic (exact) mass is 609 g/mol. The Kier molecular flexibility index (Phi) is 10.8. The molecule has 0 heterocycles. The highest BCUT2D eigenvalue weighted by atomic mass is 35.5. The van der Waals surface area contributed by atoms with Crippen LogP contribution in [0.3, 0.4) is 0 Å². The number of amides is 2. The summed E-state index contributed by atoms with van der Waals surface area (Å²) >= 11 is 6.02. The second-order valence-corrected chi connectivity index (χ2v) is 11.8. The van der Waals surface area contributed by atoms with E-state index in [9.17, 15) is 31.2 Å². The summed E-state index contributed by atoms with van der Waals surface area (Å²) in [7, 11) is -4.21. The molecular formula is C29H31ClF3N3O4S. The topological polar surface area (TPSA) is 86.8 Å². The summed E-state index contributed by atoms with van der Waals surface area (Å²) in [6.45, 7) is 1.34. The van der Waals surface area contributed by atoms with Gasteiger partial charge in [0.2, 0.25) is 21.8 Å². The third-order valence-electron chi connectivity index (χ3n) is 6.23. The molecule has 0 aliphatic carbocycles. The van der Waals surface area contributed by atoms with Gasteiger partial charge in [-0.15, -0.1) is 0 Å². The van der Waals surface area contributed by atoms with Crippen molar-refractivity contribution in [1.82, 2.24) is 10.2 Å². The number of hydrogen-bond acceptors (Lipinski definition) is 4. The molecule has 220 valence electrons. The Balaban J connectivity index is 2.06. The zero-order valence-electron chi connectivity index (χ0n) is 22.6. The summed E-state index contributed by atoms with van der Waals surface area (Å²) in [5.41, 5.74) is -0.00263. The number of carbonyl (C=O) groups is 2. The van der Waals surface area contributed by atoms with Gasteiger partial charge in [0.1, 0.15) is 12.6 Å². The standard InChI is InChI=1S/C29H31ClF3N3O4S/c1-3-16-34-28(38)26(17-21-8-5-4-6-9-21)35(19-22-12-14-24(30)15-13-22)27(37)20-36(41(2,39)40)25-11-7-10-23(18-25)29(31,32)33/h4-15,18,26H,3,16-17,19-20H2,1-2H3,(H,34,38)/t26-/m0/s1. The van der Waals surface area contributed by atoms with Gasteiger partial charge in [-0.1, -0.05) is 67.1 Å². The minimum Gasteiger partial charge on any atom is -0.354 e. The predicted molar refractivity (Wildman–Crippen MR) is 153 cm³/mol. The van der Waals surface area contributed by atoms with Gasteiger partial charge < -0.3 is 10.2 Å². The van der Waals surface area contributed by atoms with Crippen LogP contribution in [0.5, 0.6) is 0 Å². The molecule has 0 spiro atoms. The molecule has 0 saturated carbocycles. The Morgan fingerprint density at radius 3 is 2.20 bits per heavy atom. The van der Waals surface area contributed by atoms with Crippen molar-refractivity contribution in [3.63, 3.8) is 0 Å². The van der Waals surface area contributed by atoms with Crippen LogP contribution in [-0.4, -0.2) is 50.5 Å². The van der Waals surface area contributed by atoms with E-state index in [0.717, 1.165) is 24.0 Å². The van der Waals surface area contributed by atoms with Gasteiger partial charge in [0.05, 0.1) is 17.5 Å². The lowest BCUT2D eigenvalue weighted by Crippen LogP contribution is -2.53. The zero-order chi connectivity index (χ0) is 30.2. The first-order chi connectivity index (χ1) is 19.3. The predicted octanol–water partition coefficient (Wildman–Crippen LogP) is 5.29. The number of rotatable bonds is 12. The quantitative estimate of drug-likeness (QED) is 0.302. The van der Waals surface area contributed by atoms with Crippen LogP contribution in [0, 0.1) is 0 Å². The number of nitrogens with one attached hydrogen (secondary N) is 1. The van der Waals surface area contributed by atoms with Gasteiger partial charge in [0.25, 0.3) is 0 Å². The molecule has 0 aliphatic rings. The minimum atomic E-state index is -4.72. The fraction of sp³-hybridized carbons (Fsp3) is 0.310. The second kappa shape index (κ2) is 13.9. The maximum absolute atomic E-state index is 13.9. The number of alkyl halides is 3. The van der Waals surface area contributed by atoms with Crippen LogP contribution in [0.25, 0.3) is 0 Å². The molecule has 3 aromatic rings. The maximum atomic E-state index is 13.9. The van der Waals surface area contributed by atoms with E-state index in [-0.39, 0.29) is 18.7 Å².